The molecule has 4 heteroatoms. The van der Waals surface area contributed by atoms with Crippen molar-refractivity contribution in [3.8, 4) is 0 Å². The molecule has 1 heterocycles. The maximum absolute atomic E-state index is 14.1. The summed E-state index contributed by atoms with van der Waals surface area (Å²) in [6.45, 7) is 23.6. The molecule has 2 unspecified atom stereocenters. The summed E-state index contributed by atoms with van der Waals surface area (Å²) in [6, 6.07) is 4.04. The zero-order chi connectivity index (χ0) is 25.4. The fourth-order valence-corrected chi connectivity index (χ4v) is 4.85. The summed E-state index contributed by atoms with van der Waals surface area (Å²) in [5.41, 5.74) is 6.70. The van der Waals surface area contributed by atoms with Gasteiger partial charge in [-0.2, -0.15) is 0 Å². The number of benzene rings is 1. The van der Waals surface area contributed by atoms with E-state index in [9.17, 15) is 8.78 Å². The van der Waals surface area contributed by atoms with Crippen LogP contribution in [0.25, 0.3) is 0 Å². The van der Waals surface area contributed by atoms with Gasteiger partial charge in [-0.25, -0.2) is 8.78 Å². The predicted octanol–water partition coefficient (Wildman–Crippen LogP) is 8.56. The van der Waals surface area contributed by atoms with Crippen molar-refractivity contribution in [1.29, 1.82) is 0 Å². The van der Waals surface area contributed by atoms with Crippen molar-refractivity contribution in [1.82, 2.24) is 10.2 Å². The quantitative estimate of drug-likeness (QED) is 0.244. The third-order valence-corrected chi connectivity index (χ3v) is 6.94. The van der Waals surface area contributed by atoms with Gasteiger partial charge in [0, 0.05) is 41.3 Å². The molecule has 1 aromatic carbocycles. The Morgan fingerprint density at radius 1 is 1.21 bits per heavy atom. The average Bonchev–Trinajstić information content (AvgIpc) is 3.22. The van der Waals surface area contributed by atoms with E-state index in [0.717, 1.165) is 47.0 Å². The minimum Gasteiger partial charge on any atom is -0.381 e. The number of rotatable bonds is 12. The standard InChI is InChI=1S/C30H42F2N2/c1-9-11-12-13-22(6)28-16-17-29(34(28)30(20(3)4)21(5)10-2)23(7)24(8)33-19-25-14-15-26(31)18-27(25)32/h10,14-15,18,22,28,33H,2-3,8-9,11-13,16-17,19H2,1,4-7H3/b29-23+,30-21-. The first-order valence-corrected chi connectivity index (χ1v) is 12.5. The highest BCUT2D eigenvalue weighted by molar-refractivity contribution is 5.43. The highest BCUT2D eigenvalue weighted by atomic mass is 19.1. The molecule has 1 aliphatic rings. The van der Waals surface area contributed by atoms with Gasteiger partial charge >= 0.3 is 0 Å². The van der Waals surface area contributed by atoms with Crippen molar-refractivity contribution in [3.63, 3.8) is 0 Å². The van der Waals surface area contributed by atoms with Gasteiger partial charge < -0.3 is 10.2 Å². The first kappa shape index (κ1) is 27.6. The second kappa shape index (κ2) is 12.7. The molecular formula is C30H42F2N2. The number of nitrogens with zero attached hydrogens (tertiary/aromatic N) is 1. The maximum atomic E-state index is 14.1. The molecule has 0 aliphatic carbocycles. The summed E-state index contributed by atoms with van der Waals surface area (Å²) < 4.78 is 27.3. The molecule has 0 amide bonds. The lowest BCUT2D eigenvalue weighted by molar-refractivity contribution is 0.258. The van der Waals surface area contributed by atoms with Crippen LogP contribution in [0, 0.1) is 17.6 Å². The van der Waals surface area contributed by atoms with Gasteiger partial charge in [0.05, 0.1) is 0 Å². The molecule has 0 bridgehead atoms. The van der Waals surface area contributed by atoms with Crippen LogP contribution in [-0.4, -0.2) is 10.9 Å². The van der Waals surface area contributed by atoms with Crippen molar-refractivity contribution in [2.24, 2.45) is 5.92 Å². The van der Waals surface area contributed by atoms with Crippen molar-refractivity contribution < 1.29 is 8.78 Å². The molecule has 1 fully saturated rings. The minimum absolute atomic E-state index is 0.251. The molecule has 0 spiro atoms. The number of halogens is 2. The Kier molecular flexibility index (Phi) is 10.3. The van der Waals surface area contributed by atoms with E-state index < -0.39 is 11.6 Å². The number of hydrogen-bond donors (Lipinski definition) is 1. The molecule has 2 atom stereocenters. The lowest BCUT2D eigenvalue weighted by Crippen LogP contribution is -2.34. The van der Waals surface area contributed by atoms with Crippen molar-refractivity contribution >= 4 is 0 Å². The summed E-state index contributed by atoms with van der Waals surface area (Å²) in [5, 5.41) is 3.25. The number of allylic oxidation sites excluding steroid dienone is 5. The van der Waals surface area contributed by atoms with Crippen molar-refractivity contribution in [3.05, 3.63) is 95.0 Å². The van der Waals surface area contributed by atoms with Crippen LogP contribution >= 0.6 is 0 Å². The van der Waals surface area contributed by atoms with Crippen LogP contribution in [0.1, 0.15) is 78.7 Å². The molecule has 1 N–H and O–H groups in total. The molecule has 2 rings (SSSR count). The van der Waals surface area contributed by atoms with E-state index in [1.165, 1.54) is 43.5 Å². The maximum Gasteiger partial charge on any atom is 0.131 e. The van der Waals surface area contributed by atoms with Gasteiger partial charge in [-0.15, -0.1) is 0 Å². The summed E-state index contributed by atoms with van der Waals surface area (Å²) in [7, 11) is 0. The molecule has 2 nitrogen and oxygen atoms in total. The van der Waals surface area contributed by atoms with E-state index in [2.05, 4.69) is 64.6 Å². The summed E-state index contributed by atoms with van der Waals surface area (Å²) >= 11 is 0. The normalized spacial score (nSPS) is 18.9. The monoisotopic (exact) mass is 468 g/mol. The smallest absolute Gasteiger partial charge is 0.131 e. The van der Waals surface area contributed by atoms with E-state index in [0.29, 0.717) is 17.5 Å². The Labute approximate surface area is 205 Å². The first-order valence-electron chi connectivity index (χ1n) is 12.5. The third kappa shape index (κ3) is 6.71. The second-order valence-corrected chi connectivity index (χ2v) is 9.60. The van der Waals surface area contributed by atoms with Gasteiger partial charge in [-0.3, -0.25) is 0 Å². The van der Waals surface area contributed by atoms with Gasteiger partial charge in [0.25, 0.3) is 0 Å². The highest BCUT2D eigenvalue weighted by Crippen LogP contribution is 2.41. The van der Waals surface area contributed by atoms with Crippen LogP contribution in [0.15, 0.2) is 77.8 Å². The molecular weight excluding hydrogens is 426 g/mol. The third-order valence-electron chi connectivity index (χ3n) is 6.94. The van der Waals surface area contributed by atoms with E-state index >= 15 is 0 Å². The van der Waals surface area contributed by atoms with E-state index in [1.807, 2.05) is 6.08 Å². The Bertz CT molecular complexity index is 970. The molecule has 186 valence electrons. The predicted molar refractivity (Wildman–Crippen MR) is 141 cm³/mol. The number of unbranched alkanes of at least 4 members (excludes halogenated alkanes) is 2. The minimum atomic E-state index is -0.573. The van der Waals surface area contributed by atoms with Gasteiger partial charge in [0.1, 0.15) is 11.6 Å². The average molecular weight is 469 g/mol. The van der Waals surface area contributed by atoms with Crippen LogP contribution in [0.3, 0.4) is 0 Å². The summed E-state index contributed by atoms with van der Waals surface area (Å²) in [6.07, 6.45) is 8.83. The van der Waals surface area contributed by atoms with E-state index in [4.69, 9.17) is 0 Å². The number of nitrogens with one attached hydrogen (secondary N) is 1. The van der Waals surface area contributed by atoms with E-state index in [-0.39, 0.29) is 6.54 Å². The Hall–Kier alpha value is -2.62. The van der Waals surface area contributed by atoms with Gasteiger partial charge in [-0.05, 0) is 68.7 Å². The molecule has 1 aromatic rings. The lowest BCUT2D eigenvalue weighted by atomic mass is 9.92. The highest BCUT2D eigenvalue weighted by Gasteiger charge is 2.36. The fourth-order valence-electron chi connectivity index (χ4n) is 4.85. The summed E-state index contributed by atoms with van der Waals surface area (Å²) in [4.78, 5) is 2.47. The Balaban J connectivity index is 2.37. The summed E-state index contributed by atoms with van der Waals surface area (Å²) in [5.74, 6) is -0.586. The second-order valence-electron chi connectivity index (χ2n) is 9.60. The van der Waals surface area contributed by atoms with E-state index in [1.54, 1.807) is 0 Å². The molecule has 0 saturated carbocycles. The van der Waals surface area contributed by atoms with Crippen molar-refractivity contribution in [2.75, 3.05) is 0 Å². The van der Waals surface area contributed by atoms with Crippen molar-refractivity contribution in [2.45, 2.75) is 85.7 Å². The number of likely N-dealkylation sites (tertiary alicyclic amines) is 1. The van der Waals surface area contributed by atoms with Crippen LogP contribution in [-0.2, 0) is 6.54 Å². The van der Waals surface area contributed by atoms with Gasteiger partial charge in [-0.1, -0.05) is 65.0 Å². The molecule has 0 aromatic heterocycles. The van der Waals surface area contributed by atoms with Gasteiger partial charge in [0.2, 0.25) is 0 Å². The first-order chi connectivity index (χ1) is 16.1. The SMILES string of the molecule is C=C/C(C)=C(/C(=C)C)N1/C(=C(\C)C(=C)NCc2ccc(F)cc2F)CCC1C(C)CCCCC. The Morgan fingerprint density at radius 3 is 2.50 bits per heavy atom. The molecule has 0 radical (unpaired) electrons. The molecule has 1 saturated heterocycles. The van der Waals surface area contributed by atoms with Gasteiger partial charge in [0.15, 0.2) is 0 Å². The number of hydrogen-bond acceptors (Lipinski definition) is 2. The fraction of sp³-hybridized carbons (Fsp3) is 0.467. The lowest BCUT2D eigenvalue weighted by Gasteiger charge is -2.36. The zero-order valence-corrected chi connectivity index (χ0v) is 21.7. The Morgan fingerprint density at radius 2 is 1.91 bits per heavy atom. The van der Waals surface area contributed by atoms with Crippen LogP contribution < -0.4 is 5.32 Å². The molecule has 34 heavy (non-hydrogen) atoms. The van der Waals surface area contributed by atoms with Crippen LogP contribution in [0.2, 0.25) is 0 Å². The van der Waals surface area contributed by atoms with Crippen LogP contribution in [0.4, 0.5) is 8.78 Å². The largest absolute Gasteiger partial charge is 0.381 e. The zero-order valence-electron chi connectivity index (χ0n) is 21.7. The topological polar surface area (TPSA) is 15.3 Å². The molecule has 1 aliphatic heterocycles. The van der Waals surface area contributed by atoms with Crippen LogP contribution in [0.5, 0.6) is 0 Å².